The molecule has 2 atom stereocenters. The minimum atomic E-state index is -0.925. The smallest absolute Gasteiger partial charge is 0.123 e. The van der Waals surface area contributed by atoms with E-state index in [4.69, 9.17) is 5.11 Å². The van der Waals surface area contributed by atoms with Crippen molar-refractivity contribution < 1.29 is 15.5 Å². The molecule has 104 valence electrons. The maximum Gasteiger partial charge on any atom is 0.123 e. The number of hydroxylamine groups is 3. The lowest BCUT2D eigenvalue weighted by Gasteiger charge is -2.48. The fourth-order valence-corrected chi connectivity index (χ4v) is 2.76. The molecule has 0 amide bonds. The second-order valence-electron chi connectivity index (χ2n) is 5.20. The van der Waals surface area contributed by atoms with Crippen LogP contribution >= 0.6 is 0 Å². The molecule has 0 bridgehead atoms. The molecule has 2 unspecified atom stereocenters. The molecule has 0 fully saturated rings. The molecule has 0 saturated carbocycles. The summed E-state index contributed by atoms with van der Waals surface area (Å²) in [5.74, 6) is 0.371. The maximum atomic E-state index is 10.1. The summed E-state index contributed by atoms with van der Waals surface area (Å²) in [6, 6.07) is 0. The molecule has 4 N–H and O–H groups in total. The summed E-state index contributed by atoms with van der Waals surface area (Å²) in [5.41, 5.74) is 1.37. The van der Waals surface area contributed by atoms with Crippen LogP contribution in [-0.2, 0) is 0 Å². The Balaban J connectivity index is 5.32. The summed E-state index contributed by atoms with van der Waals surface area (Å²) in [5, 5.41) is 29.7. The minimum Gasteiger partial charge on any atom is -0.395 e. The molecular formula is C12H28N2O3. The summed E-state index contributed by atoms with van der Waals surface area (Å²) < 4.78 is 0. The predicted octanol–water partition coefficient (Wildman–Crippen LogP) is 1.68. The monoisotopic (exact) mass is 248 g/mol. The Morgan fingerprint density at radius 2 is 1.76 bits per heavy atom. The van der Waals surface area contributed by atoms with Crippen molar-refractivity contribution in [2.45, 2.75) is 46.7 Å². The molecule has 0 aromatic carbocycles. The van der Waals surface area contributed by atoms with Gasteiger partial charge in [0, 0.05) is 6.54 Å². The zero-order valence-electron chi connectivity index (χ0n) is 11.6. The fraction of sp³-hybridized carbons (Fsp3) is 1.00. The highest BCUT2D eigenvalue weighted by molar-refractivity contribution is 4.92. The number of rotatable bonds is 8. The first-order valence-corrected chi connectivity index (χ1v) is 6.37. The molecule has 0 aromatic rings. The number of hydrogen-bond donors (Lipinski definition) is 4. The first-order valence-electron chi connectivity index (χ1n) is 6.37. The highest BCUT2D eigenvalue weighted by Crippen LogP contribution is 2.35. The summed E-state index contributed by atoms with van der Waals surface area (Å²) in [7, 11) is 0. The van der Waals surface area contributed by atoms with Crippen LogP contribution in [0.5, 0.6) is 0 Å². The van der Waals surface area contributed by atoms with Gasteiger partial charge in [-0.05, 0) is 24.2 Å². The topological polar surface area (TPSA) is 76.0 Å². The average Bonchev–Trinajstić information content (AvgIpc) is 2.24. The van der Waals surface area contributed by atoms with Crippen LogP contribution in [0.25, 0.3) is 0 Å². The number of aliphatic hydroxyl groups is 1. The summed E-state index contributed by atoms with van der Waals surface area (Å²) in [6.45, 7) is 10.00. The fourth-order valence-electron chi connectivity index (χ4n) is 2.76. The van der Waals surface area contributed by atoms with E-state index >= 15 is 0 Å². The van der Waals surface area contributed by atoms with Crippen LogP contribution in [0.4, 0.5) is 0 Å². The largest absolute Gasteiger partial charge is 0.395 e. The van der Waals surface area contributed by atoms with Crippen molar-refractivity contribution in [3.63, 3.8) is 0 Å². The van der Waals surface area contributed by atoms with Gasteiger partial charge < -0.3 is 15.5 Å². The lowest BCUT2D eigenvalue weighted by molar-refractivity contribution is -0.263. The lowest BCUT2D eigenvalue weighted by atomic mass is 9.75. The molecule has 0 heterocycles. The van der Waals surface area contributed by atoms with E-state index in [0.717, 1.165) is 11.5 Å². The van der Waals surface area contributed by atoms with Crippen molar-refractivity contribution in [1.29, 1.82) is 0 Å². The van der Waals surface area contributed by atoms with E-state index in [1.165, 1.54) is 0 Å². The van der Waals surface area contributed by atoms with Crippen LogP contribution in [0, 0.1) is 17.8 Å². The first-order chi connectivity index (χ1) is 7.88. The zero-order chi connectivity index (χ0) is 13.6. The molecule has 5 nitrogen and oxygen atoms in total. The molecule has 0 aromatic heterocycles. The molecule has 0 rings (SSSR count). The van der Waals surface area contributed by atoms with Crippen molar-refractivity contribution in [3.8, 4) is 0 Å². The van der Waals surface area contributed by atoms with Gasteiger partial charge in [0.25, 0.3) is 0 Å². The molecule has 0 saturated heterocycles. The first kappa shape index (κ1) is 16.8. The van der Waals surface area contributed by atoms with Crippen molar-refractivity contribution >= 4 is 0 Å². The molecule has 5 heteroatoms. The second-order valence-corrected chi connectivity index (χ2v) is 5.20. The normalized spacial score (nSPS) is 17.8. The standard InChI is InChI=1S/C12H28N2O3/c1-6-11(9(2)3)12(13-16,10(4)5)14(17)7-8-15/h9-11,13,15-17H,6-8H2,1-5H3. The number of nitrogens with zero attached hydrogens (tertiary/aromatic N) is 1. The zero-order valence-corrected chi connectivity index (χ0v) is 11.6. The van der Waals surface area contributed by atoms with Gasteiger partial charge in [-0.2, -0.15) is 10.5 Å². The summed E-state index contributed by atoms with van der Waals surface area (Å²) in [4.78, 5) is 0. The van der Waals surface area contributed by atoms with Gasteiger partial charge in [-0.25, -0.2) is 0 Å². The Morgan fingerprint density at radius 1 is 1.24 bits per heavy atom. The molecular weight excluding hydrogens is 220 g/mol. The summed E-state index contributed by atoms with van der Waals surface area (Å²) in [6.07, 6.45) is 0.825. The Morgan fingerprint density at radius 3 is 2.00 bits per heavy atom. The van der Waals surface area contributed by atoms with Crippen LogP contribution in [0.15, 0.2) is 0 Å². The number of hydrogen-bond acceptors (Lipinski definition) is 5. The van der Waals surface area contributed by atoms with Crippen LogP contribution < -0.4 is 5.48 Å². The Labute approximate surface area is 104 Å². The Kier molecular flexibility index (Phi) is 7.20. The van der Waals surface area contributed by atoms with Crippen LogP contribution in [-0.4, -0.2) is 39.4 Å². The van der Waals surface area contributed by atoms with Gasteiger partial charge in [0.1, 0.15) is 5.66 Å². The van der Waals surface area contributed by atoms with Crippen LogP contribution in [0.2, 0.25) is 0 Å². The Bertz CT molecular complexity index is 212. The van der Waals surface area contributed by atoms with Gasteiger partial charge in [0.05, 0.1) is 6.61 Å². The van der Waals surface area contributed by atoms with Gasteiger partial charge in [0.15, 0.2) is 0 Å². The van der Waals surface area contributed by atoms with Crippen molar-refractivity contribution in [3.05, 3.63) is 0 Å². The van der Waals surface area contributed by atoms with Crippen LogP contribution in [0.1, 0.15) is 41.0 Å². The van der Waals surface area contributed by atoms with Gasteiger partial charge in [-0.1, -0.05) is 34.6 Å². The highest BCUT2D eigenvalue weighted by Gasteiger charge is 2.46. The van der Waals surface area contributed by atoms with E-state index in [1.807, 2.05) is 20.8 Å². The van der Waals surface area contributed by atoms with Crippen molar-refractivity contribution in [1.82, 2.24) is 10.5 Å². The van der Waals surface area contributed by atoms with Crippen molar-refractivity contribution in [2.75, 3.05) is 13.2 Å². The molecule has 0 radical (unpaired) electrons. The third-order valence-corrected chi connectivity index (χ3v) is 3.61. The second kappa shape index (κ2) is 7.28. The molecule has 0 aliphatic heterocycles. The predicted molar refractivity (Wildman–Crippen MR) is 66.7 cm³/mol. The quantitative estimate of drug-likeness (QED) is 0.388. The molecule has 0 aliphatic carbocycles. The van der Waals surface area contributed by atoms with Crippen molar-refractivity contribution in [2.24, 2.45) is 17.8 Å². The Hall–Kier alpha value is -0.200. The van der Waals surface area contributed by atoms with E-state index in [2.05, 4.69) is 19.3 Å². The average molecular weight is 248 g/mol. The SMILES string of the molecule is CCC(C(C)C)C(NO)(C(C)C)N(O)CCO. The van der Waals surface area contributed by atoms with Gasteiger partial charge >= 0.3 is 0 Å². The lowest BCUT2D eigenvalue weighted by Crippen LogP contribution is -2.66. The summed E-state index contributed by atoms with van der Waals surface area (Å²) >= 11 is 0. The van der Waals surface area contributed by atoms with Crippen LogP contribution in [0.3, 0.4) is 0 Å². The third-order valence-electron chi connectivity index (χ3n) is 3.61. The van der Waals surface area contributed by atoms with E-state index in [1.54, 1.807) is 0 Å². The molecule has 0 aliphatic rings. The molecule has 0 spiro atoms. The van der Waals surface area contributed by atoms with Gasteiger partial charge in [-0.3, -0.25) is 0 Å². The third kappa shape index (κ3) is 3.39. The van der Waals surface area contributed by atoms with Gasteiger partial charge in [-0.15, -0.1) is 0 Å². The minimum absolute atomic E-state index is 0.00333. The van der Waals surface area contributed by atoms with E-state index in [9.17, 15) is 10.4 Å². The number of aliphatic hydroxyl groups excluding tert-OH is 1. The highest BCUT2D eigenvalue weighted by atomic mass is 16.5. The van der Waals surface area contributed by atoms with E-state index < -0.39 is 5.66 Å². The number of nitrogens with one attached hydrogen (secondary N) is 1. The van der Waals surface area contributed by atoms with E-state index in [0.29, 0.717) is 5.92 Å². The molecule has 17 heavy (non-hydrogen) atoms. The van der Waals surface area contributed by atoms with E-state index in [-0.39, 0.29) is 25.0 Å². The van der Waals surface area contributed by atoms with Gasteiger partial charge in [0.2, 0.25) is 0 Å². The maximum absolute atomic E-state index is 10.1.